The second kappa shape index (κ2) is 5.88. The fraction of sp³-hybridized carbons (Fsp3) is 0.571. The molecule has 19 heavy (non-hydrogen) atoms. The molecule has 1 fully saturated rings. The first kappa shape index (κ1) is 14.3. The highest BCUT2D eigenvalue weighted by molar-refractivity contribution is 6.31. The Hall–Kier alpha value is -1.13. The number of aromatic nitrogens is 1. The van der Waals surface area contributed by atoms with E-state index in [0.29, 0.717) is 17.2 Å². The molecular weight excluding hydrogens is 264 g/mol. The number of nitrogen functional groups attached to an aromatic ring is 1. The molecule has 1 aliphatic carbocycles. The van der Waals surface area contributed by atoms with Crippen molar-refractivity contribution in [2.24, 2.45) is 0 Å². The molecular formula is C14H19ClN2O2. The van der Waals surface area contributed by atoms with Gasteiger partial charge in [-0.2, -0.15) is 0 Å². The van der Waals surface area contributed by atoms with Gasteiger partial charge in [-0.15, -0.1) is 0 Å². The first-order valence-corrected chi connectivity index (χ1v) is 7.06. The molecule has 0 bridgehead atoms. The Labute approximate surface area is 118 Å². The van der Waals surface area contributed by atoms with Crippen LogP contribution < -0.4 is 5.73 Å². The second-order valence-electron chi connectivity index (χ2n) is 4.90. The molecule has 0 unspecified atom stereocenters. The molecule has 1 aliphatic rings. The van der Waals surface area contributed by atoms with Gasteiger partial charge in [0.05, 0.1) is 10.6 Å². The third kappa shape index (κ3) is 2.90. The van der Waals surface area contributed by atoms with Crippen molar-refractivity contribution in [3.05, 3.63) is 22.8 Å². The molecule has 0 aliphatic heterocycles. The Morgan fingerprint density at radius 1 is 1.47 bits per heavy atom. The van der Waals surface area contributed by atoms with Crippen LogP contribution in [0.3, 0.4) is 0 Å². The van der Waals surface area contributed by atoms with E-state index in [1.165, 1.54) is 6.20 Å². The average molecular weight is 283 g/mol. The molecule has 1 aromatic heterocycles. The third-order valence-corrected chi connectivity index (χ3v) is 3.83. The van der Waals surface area contributed by atoms with Crippen LogP contribution in [0.1, 0.15) is 49.4 Å². The van der Waals surface area contributed by atoms with Crippen LogP contribution in [0.5, 0.6) is 0 Å². The number of pyridine rings is 1. The number of ketones is 1. The van der Waals surface area contributed by atoms with Gasteiger partial charge in [0.1, 0.15) is 11.4 Å². The zero-order valence-corrected chi connectivity index (χ0v) is 11.9. The summed E-state index contributed by atoms with van der Waals surface area (Å²) in [5, 5.41) is 0.417. The maximum atomic E-state index is 12.8. The molecule has 0 aromatic carbocycles. The number of nitrogens with two attached hydrogens (primary N) is 1. The Morgan fingerprint density at radius 2 is 2.16 bits per heavy atom. The minimum Gasteiger partial charge on any atom is -0.383 e. The molecule has 0 amide bonds. The highest BCUT2D eigenvalue weighted by Gasteiger charge is 2.41. The van der Waals surface area contributed by atoms with Crippen molar-refractivity contribution in [2.75, 3.05) is 12.3 Å². The van der Waals surface area contributed by atoms with Gasteiger partial charge in [-0.05, 0) is 25.8 Å². The van der Waals surface area contributed by atoms with E-state index in [4.69, 9.17) is 22.1 Å². The summed E-state index contributed by atoms with van der Waals surface area (Å²) in [7, 11) is 0. The zero-order chi connectivity index (χ0) is 13.9. The fourth-order valence-corrected chi connectivity index (χ4v) is 2.87. The van der Waals surface area contributed by atoms with Crippen molar-refractivity contribution in [3.63, 3.8) is 0 Å². The highest BCUT2D eigenvalue weighted by Crippen LogP contribution is 2.36. The van der Waals surface area contributed by atoms with Gasteiger partial charge < -0.3 is 10.5 Å². The number of ether oxygens (including phenoxy) is 1. The Bertz CT molecular complexity index is 465. The van der Waals surface area contributed by atoms with Gasteiger partial charge in [-0.1, -0.05) is 30.9 Å². The molecule has 0 atom stereocenters. The average Bonchev–Trinajstić information content (AvgIpc) is 2.42. The molecule has 0 spiro atoms. The molecule has 1 heterocycles. The van der Waals surface area contributed by atoms with Crippen LogP contribution in [0.2, 0.25) is 5.02 Å². The van der Waals surface area contributed by atoms with Crippen molar-refractivity contribution in [1.82, 2.24) is 4.98 Å². The number of Topliss-reactive ketones (excluding diaryl/α,β-unsaturated/α-hetero) is 1. The summed E-state index contributed by atoms with van der Waals surface area (Å²) in [6, 6.07) is 1.58. The smallest absolute Gasteiger partial charge is 0.198 e. The molecule has 2 rings (SSSR count). The molecule has 4 nitrogen and oxygen atoms in total. The van der Waals surface area contributed by atoms with Crippen LogP contribution in [-0.4, -0.2) is 23.0 Å². The van der Waals surface area contributed by atoms with Gasteiger partial charge in [0.25, 0.3) is 0 Å². The van der Waals surface area contributed by atoms with E-state index in [1.54, 1.807) is 6.07 Å². The molecule has 0 radical (unpaired) electrons. The number of carbonyl (C=O) groups is 1. The van der Waals surface area contributed by atoms with E-state index in [1.807, 2.05) is 6.92 Å². The molecule has 1 saturated carbocycles. The standard InChI is InChI=1S/C14H19ClN2O2/c1-2-19-14(6-4-3-5-7-14)12(18)11-8-10(15)9-17-13(11)16/h8-9H,2-7H2,1H3,(H2,16,17). The molecule has 1 aromatic rings. The number of nitrogens with zero attached hydrogens (tertiary/aromatic N) is 1. The van der Waals surface area contributed by atoms with Gasteiger partial charge in [-0.25, -0.2) is 4.98 Å². The molecule has 0 saturated heterocycles. The van der Waals surface area contributed by atoms with Gasteiger partial charge in [0.2, 0.25) is 0 Å². The van der Waals surface area contributed by atoms with E-state index < -0.39 is 5.60 Å². The minimum atomic E-state index is -0.743. The summed E-state index contributed by atoms with van der Waals surface area (Å²) in [6.45, 7) is 2.42. The highest BCUT2D eigenvalue weighted by atomic mass is 35.5. The number of hydrogen-bond acceptors (Lipinski definition) is 4. The van der Waals surface area contributed by atoms with Gasteiger partial charge in [-0.3, -0.25) is 4.79 Å². The Morgan fingerprint density at radius 3 is 2.79 bits per heavy atom. The predicted molar refractivity (Wildman–Crippen MR) is 75.4 cm³/mol. The van der Waals surface area contributed by atoms with Crippen LogP contribution in [-0.2, 0) is 4.74 Å². The van der Waals surface area contributed by atoms with Crippen molar-refractivity contribution in [1.29, 1.82) is 0 Å². The normalized spacial score (nSPS) is 18.2. The van der Waals surface area contributed by atoms with Crippen molar-refractivity contribution < 1.29 is 9.53 Å². The van der Waals surface area contributed by atoms with Gasteiger partial charge in [0.15, 0.2) is 5.78 Å². The van der Waals surface area contributed by atoms with Crippen LogP contribution in [0.15, 0.2) is 12.3 Å². The van der Waals surface area contributed by atoms with Crippen LogP contribution >= 0.6 is 11.6 Å². The lowest BCUT2D eigenvalue weighted by Crippen LogP contribution is -2.43. The first-order chi connectivity index (χ1) is 9.09. The first-order valence-electron chi connectivity index (χ1n) is 6.69. The predicted octanol–water partition coefficient (Wildman–Crippen LogP) is 3.24. The maximum Gasteiger partial charge on any atom is 0.198 e. The fourth-order valence-electron chi connectivity index (χ4n) is 2.71. The third-order valence-electron chi connectivity index (χ3n) is 3.63. The summed E-state index contributed by atoms with van der Waals surface area (Å²) >= 11 is 5.91. The number of rotatable bonds is 4. The topological polar surface area (TPSA) is 65.2 Å². The molecule has 5 heteroatoms. The monoisotopic (exact) mass is 282 g/mol. The SMILES string of the molecule is CCOC1(C(=O)c2cc(Cl)cnc2N)CCCCC1. The number of hydrogen-bond donors (Lipinski definition) is 1. The van der Waals surface area contributed by atoms with E-state index in [-0.39, 0.29) is 11.6 Å². The molecule has 104 valence electrons. The molecule has 2 N–H and O–H groups in total. The number of halogens is 1. The summed E-state index contributed by atoms with van der Waals surface area (Å²) in [5.74, 6) is 0.139. The lowest BCUT2D eigenvalue weighted by molar-refractivity contribution is -0.0410. The van der Waals surface area contributed by atoms with Gasteiger partial charge >= 0.3 is 0 Å². The minimum absolute atomic E-state index is 0.0819. The number of anilines is 1. The Balaban J connectivity index is 2.36. The number of carbonyl (C=O) groups excluding carboxylic acids is 1. The van der Waals surface area contributed by atoms with Crippen molar-refractivity contribution in [2.45, 2.75) is 44.6 Å². The van der Waals surface area contributed by atoms with E-state index >= 15 is 0 Å². The van der Waals surface area contributed by atoms with Crippen molar-refractivity contribution >= 4 is 23.2 Å². The lowest BCUT2D eigenvalue weighted by atomic mass is 9.79. The summed E-state index contributed by atoms with van der Waals surface area (Å²) < 4.78 is 5.81. The largest absolute Gasteiger partial charge is 0.383 e. The van der Waals surface area contributed by atoms with E-state index in [9.17, 15) is 4.79 Å². The van der Waals surface area contributed by atoms with Crippen LogP contribution in [0.4, 0.5) is 5.82 Å². The zero-order valence-electron chi connectivity index (χ0n) is 11.1. The van der Waals surface area contributed by atoms with E-state index in [2.05, 4.69) is 4.98 Å². The lowest BCUT2D eigenvalue weighted by Gasteiger charge is -2.35. The maximum absolute atomic E-state index is 12.8. The van der Waals surface area contributed by atoms with Gasteiger partial charge in [0, 0.05) is 12.8 Å². The van der Waals surface area contributed by atoms with E-state index in [0.717, 1.165) is 32.1 Å². The summed E-state index contributed by atoms with van der Waals surface area (Å²) in [5.41, 5.74) is 5.44. The quantitative estimate of drug-likeness (QED) is 0.861. The van der Waals surface area contributed by atoms with Crippen LogP contribution in [0, 0.1) is 0 Å². The Kier molecular flexibility index (Phi) is 4.42. The van der Waals surface area contributed by atoms with Crippen LogP contribution in [0.25, 0.3) is 0 Å². The second-order valence-corrected chi connectivity index (χ2v) is 5.34. The summed E-state index contributed by atoms with van der Waals surface area (Å²) in [4.78, 5) is 16.7. The van der Waals surface area contributed by atoms with Crippen molar-refractivity contribution in [3.8, 4) is 0 Å². The summed E-state index contributed by atoms with van der Waals surface area (Å²) in [6.07, 6.45) is 6.07.